The molecular weight excluding hydrogens is 974 g/mol. The van der Waals surface area contributed by atoms with Crippen LogP contribution in [0.2, 0.25) is 15.5 Å². The number of nitriles is 3. The van der Waals surface area contributed by atoms with Gasteiger partial charge >= 0.3 is 0 Å². The highest BCUT2D eigenvalue weighted by Crippen LogP contribution is 2.26. The average Bonchev–Trinajstić information content (AvgIpc) is 3.72. The second-order valence-electron chi connectivity index (χ2n) is 15.6. The van der Waals surface area contributed by atoms with Crippen molar-refractivity contribution in [1.82, 2.24) is 24.8 Å². The molecule has 0 saturated carbocycles. The third-order valence-electron chi connectivity index (χ3n) is 9.95. The van der Waals surface area contributed by atoms with Crippen molar-refractivity contribution in [1.29, 1.82) is 15.8 Å². The maximum absolute atomic E-state index is 14.0. The summed E-state index contributed by atoms with van der Waals surface area (Å²) >= 11 is 17.1. The number of aromatic nitrogens is 3. The minimum absolute atomic E-state index is 0.0111. The predicted octanol–water partition coefficient (Wildman–Crippen LogP) is 7.93. The topological polar surface area (TPSA) is 273 Å². The van der Waals surface area contributed by atoms with Crippen LogP contribution in [0.4, 0.5) is 30.6 Å². The van der Waals surface area contributed by atoms with Gasteiger partial charge in [-0.05, 0) is 76.6 Å². The van der Waals surface area contributed by atoms with E-state index < -0.39 is 23.5 Å². The maximum atomic E-state index is 14.0. The average molecular weight is 1020 g/mol. The largest absolute Gasteiger partial charge is 0.365 e. The minimum atomic E-state index is -0.741. The lowest BCUT2D eigenvalue weighted by atomic mass is 10.1. The van der Waals surface area contributed by atoms with E-state index in [-0.39, 0.29) is 104 Å². The molecule has 364 valence electrons. The molecule has 0 aliphatic carbocycles. The highest BCUT2D eigenvalue weighted by atomic mass is 35.5. The summed E-state index contributed by atoms with van der Waals surface area (Å²) in [7, 11) is 0. The number of rotatable bonds is 12. The van der Waals surface area contributed by atoms with Crippen molar-refractivity contribution in [2.24, 2.45) is 11.5 Å². The first kappa shape index (κ1) is 55.2. The van der Waals surface area contributed by atoms with Crippen LogP contribution in [0, 0.1) is 51.4 Å². The number of hydrogen-bond acceptors (Lipinski definition) is 15. The lowest BCUT2D eigenvalue weighted by molar-refractivity contribution is 0.0633. The highest BCUT2D eigenvalue weighted by molar-refractivity contribution is 6.31. The first-order valence-corrected chi connectivity index (χ1v) is 22.3. The zero-order valence-electron chi connectivity index (χ0n) is 38.1. The number of halogens is 6. The zero-order valence-corrected chi connectivity index (χ0v) is 40.4. The second-order valence-corrected chi connectivity index (χ2v) is 16.7. The Bertz CT molecular complexity index is 2760. The van der Waals surface area contributed by atoms with Gasteiger partial charge in [0.05, 0.1) is 38.9 Å². The number of nitrogens with one attached hydrogen (secondary N) is 3. The second kappa shape index (κ2) is 25.3. The Labute approximate surface area is 416 Å². The molecule has 5 aromatic rings. The molecule has 7 rings (SSSR count). The van der Waals surface area contributed by atoms with Crippen LogP contribution in [0.3, 0.4) is 0 Å². The van der Waals surface area contributed by atoms with Gasteiger partial charge < -0.3 is 27.4 Å². The smallest absolute Gasteiger partial charge is 0.261 e. The van der Waals surface area contributed by atoms with Gasteiger partial charge in [0.15, 0.2) is 34.9 Å². The van der Waals surface area contributed by atoms with Gasteiger partial charge in [0.1, 0.15) is 33.7 Å². The van der Waals surface area contributed by atoms with Crippen LogP contribution in [0.1, 0.15) is 99.2 Å². The molecule has 2 aromatic carbocycles. The number of nitrogens with zero attached hydrogens (tertiary/aromatic N) is 8. The van der Waals surface area contributed by atoms with Gasteiger partial charge in [-0.1, -0.05) is 66.0 Å². The Hall–Kier alpha value is -7.38. The van der Waals surface area contributed by atoms with E-state index >= 15 is 0 Å². The van der Waals surface area contributed by atoms with E-state index in [1.165, 1.54) is 4.90 Å². The van der Waals surface area contributed by atoms with Crippen LogP contribution in [0.15, 0.2) is 66.7 Å². The number of imide groups is 2. The molecular formula is C47H45Cl3F3N13O4. The summed E-state index contributed by atoms with van der Waals surface area (Å²) in [6.07, 6.45) is 0.846. The fourth-order valence-corrected chi connectivity index (χ4v) is 6.76. The number of nitrogens with two attached hydrogens (primary N) is 2. The number of carbonyl (C=O) groups is 4. The lowest BCUT2D eigenvalue weighted by Crippen LogP contribution is -2.39. The summed E-state index contributed by atoms with van der Waals surface area (Å²) in [6.45, 7) is 9.76. The number of anilines is 3. The number of carbonyl (C=O) groups excluding carboxylic acids is 4. The van der Waals surface area contributed by atoms with Crippen LogP contribution < -0.4 is 27.4 Å². The van der Waals surface area contributed by atoms with Crippen LogP contribution in [-0.4, -0.2) is 92.2 Å². The standard InChI is InChI=1S/C17H12ClFN4O2.C11H12N2O2.C10H11ClFN3.C9H10ClFN4/c1-9(21-15-13(19)6-10(7-20)14(18)22-15)8-23-16(24)11-4-2-3-5-12(11)17(23)25;1-7(12)6-13-10(14)8-4-2-3-5-9(8)11(13)15;1-3-6(2)14-10-8(12)4-7(5-13)9(11)15-10;1-5(3-12)14-9-7(11)2-6(4-13)8(10)15-9/h2-6,9H,8H2,1H3,(H,21,22);2-5,7H,6,12H2,1H3;4,6H,3H2,1-2H3,(H,14,15);2,5H,3,12H2,1H3,(H,14,15)/t9-;7-;6-;5-/m1111/s1. The Morgan fingerprint density at radius 1 is 0.571 bits per heavy atom. The SMILES string of the molecule is CC[C@@H](C)Nc1nc(Cl)c(C#N)cc1F.C[C@@H](N)CN1C(=O)c2ccccc2C1=O.C[C@H](CN)Nc1nc(Cl)c(C#N)cc1F.C[C@H](CN1C(=O)c2ccccc2C1=O)Nc1nc(Cl)c(C#N)cc1F. The Balaban J connectivity index is 0.000000210. The van der Waals surface area contributed by atoms with Crippen LogP contribution in [0.5, 0.6) is 0 Å². The predicted molar refractivity (Wildman–Crippen MR) is 258 cm³/mol. The number of pyridine rings is 3. The highest BCUT2D eigenvalue weighted by Gasteiger charge is 2.36. The molecule has 0 spiro atoms. The molecule has 23 heteroatoms. The maximum Gasteiger partial charge on any atom is 0.261 e. The third-order valence-corrected chi connectivity index (χ3v) is 10.8. The first-order chi connectivity index (χ1) is 33.2. The molecule has 0 saturated heterocycles. The van der Waals surface area contributed by atoms with Gasteiger partial charge in [0.2, 0.25) is 0 Å². The van der Waals surface area contributed by atoms with Gasteiger partial charge in [0.25, 0.3) is 23.6 Å². The van der Waals surface area contributed by atoms with Crippen molar-refractivity contribution in [3.8, 4) is 18.2 Å². The van der Waals surface area contributed by atoms with E-state index in [0.717, 1.165) is 29.5 Å². The van der Waals surface area contributed by atoms with Gasteiger partial charge in [-0.3, -0.25) is 29.0 Å². The van der Waals surface area contributed by atoms with Crippen molar-refractivity contribution < 1.29 is 32.3 Å². The Morgan fingerprint density at radius 2 is 0.871 bits per heavy atom. The summed E-state index contributed by atoms with van der Waals surface area (Å²) in [5, 5.41) is 34.2. The van der Waals surface area contributed by atoms with Crippen molar-refractivity contribution >= 4 is 75.9 Å². The summed E-state index contributed by atoms with van der Waals surface area (Å²) < 4.78 is 40.7. The van der Waals surface area contributed by atoms with Crippen LogP contribution >= 0.6 is 34.8 Å². The summed E-state index contributed by atoms with van der Waals surface area (Å²) in [4.78, 5) is 61.9. The molecule has 0 unspecified atom stereocenters. The van der Waals surface area contributed by atoms with Gasteiger partial charge in [0, 0.05) is 43.8 Å². The van der Waals surface area contributed by atoms with Gasteiger partial charge in [-0.25, -0.2) is 28.1 Å². The first-order valence-electron chi connectivity index (χ1n) is 21.1. The summed E-state index contributed by atoms with van der Waals surface area (Å²) in [5.41, 5.74) is 12.6. The zero-order chi connectivity index (χ0) is 52.0. The van der Waals surface area contributed by atoms with Crippen molar-refractivity contribution in [3.63, 3.8) is 0 Å². The molecule has 0 radical (unpaired) electrons. The molecule has 7 N–H and O–H groups in total. The number of amides is 4. The van der Waals surface area contributed by atoms with Gasteiger partial charge in [-0.15, -0.1) is 0 Å². The lowest BCUT2D eigenvalue weighted by Gasteiger charge is -2.21. The van der Waals surface area contributed by atoms with Crippen molar-refractivity contribution in [2.75, 3.05) is 35.6 Å². The molecule has 4 amide bonds. The van der Waals surface area contributed by atoms with E-state index in [2.05, 4.69) is 30.9 Å². The van der Waals surface area contributed by atoms with E-state index in [1.807, 2.05) is 13.8 Å². The molecule has 3 aromatic heterocycles. The van der Waals surface area contributed by atoms with E-state index in [4.69, 9.17) is 62.1 Å². The van der Waals surface area contributed by atoms with Crippen LogP contribution in [-0.2, 0) is 0 Å². The van der Waals surface area contributed by atoms with E-state index in [0.29, 0.717) is 28.8 Å². The van der Waals surface area contributed by atoms with E-state index in [1.54, 1.807) is 87.5 Å². The quantitative estimate of drug-likeness (QED) is 0.0586. The Morgan fingerprint density at radius 3 is 1.16 bits per heavy atom. The summed E-state index contributed by atoms with van der Waals surface area (Å²) in [6, 6.07) is 21.1. The minimum Gasteiger partial charge on any atom is -0.365 e. The molecule has 4 atom stereocenters. The molecule has 2 aliphatic rings. The molecule has 0 bridgehead atoms. The number of hydrogen-bond donors (Lipinski definition) is 5. The molecule has 17 nitrogen and oxygen atoms in total. The normalized spacial score (nSPS) is 13.8. The van der Waals surface area contributed by atoms with Gasteiger partial charge in [-0.2, -0.15) is 15.8 Å². The Kier molecular flexibility index (Phi) is 20.0. The van der Waals surface area contributed by atoms with Crippen molar-refractivity contribution in [2.45, 2.75) is 65.2 Å². The monoisotopic (exact) mass is 1020 g/mol. The summed E-state index contributed by atoms with van der Waals surface area (Å²) in [5.74, 6) is -3.22. The molecule has 0 fully saturated rings. The molecule has 2 aliphatic heterocycles. The fraction of sp³-hybridized carbons (Fsp3) is 0.277. The number of benzene rings is 2. The fourth-order valence-electron chi connectivity index (χ4n) is 6.22. The van der Waals surface area contributed by atoms with Crippen molar-refractivity contribution in [3.05, 3.63) is 139 Å². The molecule has 70 heavy (non-hydrogen) atoms. The van der Waals surface area contributed by atoms with E-state index in [9.17, 15) is 32.3 Å². The molecule has 5 heterocycles. The third kappa shape index (κ3) is 13.9. The number of fused-ring (bicyclic) bond motifs is 2. The van der Waals surface area contributed by atoms with Crippen LogP contribution in [0.25, 0.3) is 0 Å².